The Kier molecular flexibility index (Phi) is 8.19. The maximum Gasteiger partial charge on any atom is 0.339 e. The van der Waals surface area contributed by atoms with E-state index in [1.807, 2.05) is 12.1 Å². The second-order valence-electron chi connectivity index (χ2n) is 9.34. The van der Waals surface area contributed by atoms with E-state index in [0.717, 1.165) is 6.07 Å². The minimum atomic E-state index is -1.36. The number of ether oxygens (including phenoxy) is 1. The monoisotopic (exact) mass is 538 g/mol. The first-order valence-electron chi connectivity index (χ1n) is 12.3. The van der Waals surface area contributed by atoms with Crippen LogP contribution in [0, 0.1) is 18.6 Å². The molecule has 2 N–H and O–H groups in total. The average molecular weight is 539 g/mol. The SMILES string of the molecule is Cc1c(N2CC(CCN[C@H](C)c3cccc4ccccc34)Oc3cccc(F)c32)ccc(F)c1C(=O)O.Cl. The summed E-state index contributed by atoms with van der Waals surface area (Å²) in [6, 6.07) is 21.9. The molecule has 198 valence electrons. The standard InChI is InChI=1S/C30H28F2N2O3.ClH/c1-18-26(14-13-24(31)28(18)30(35)36)34-17-21(37-27-12-6-11-25(32)29(27)34)15-16-33-19(2)22-10-5-8-20-7-3-4-9-23(20)22;/h3-14,19,21,33H,15-17H2,1-2H3,(H,35,36);1H/t19-,21?;/m1./s1. The van der Waals surface area contributed by atoms with Crippen LogP contribution in [-0.2, 0) is 0 Å². The van der Waals surface area contributed by atoms with Crippen LogP contribution in [0.3, 0.4) is 0 Å². The van der Waals surface area contributed by atoms with Gasteiger partial charge in [0.1, 0.15) is 28.9 Å². The van der Waals surface area contributed by atoms with Gasteiger partial charge in [-0.2, -0.15) is 0 Å². The molecule has 4 aromatic rings. The Hall–Kier alpha value is -3.68. The first-order chi connectivity index (χ1) is 17.8. The predicted molar refractivity (Wildman–Crippen MR) is 148 cm³/mol. The molecular weight excluding hydrogens is 510 g/mol. The van der Waals surface area contributed by atoms with Gasteiger partial charge in [-0.05, 0) is 73.0 Å². The highest BCUT2D eigenvalue weighted by molar-refractivity contribution is 5.92. The van der Waals surface area contributed by atoms with Gasteiger partial charge >= 0.3 is 5.97 Å². The summed E-state index contributed by atoms with van der Waals surface area (Å²) in [5, 5.41) is 15.5. The third-order valence-electron chi connectivity index (χ3n) is 7.00. The molecule has 8 heteroatoms. The van der Waals surface area contributed by atoms with Crippen LogP contribution >= 0.6 is 12.4 Å². The van der Waals surface area contributed by atoms with Crippen LogP contribution in [0.2, 0.25) is 0 Å². The Morgan fingerprint density at radius 1 is 1.05 bits per heavy atom. The summed E-state index contributed by atoms with van der Waals surface area (Å²) < 4.78 is 35.4. The number of carboxylic acid groups (broad SMARTS) is 1. The Bertz CT molecular complexity index is 1470. The lowest BCUT2D eigenvalue weighted by Crippen LogP contribution is -2.40. The number of benzene rings is 4. The van der Waals surface area contributed by atoms with Gasteiger partial charge in [0.15, 0.2) is 5.82 Å². The summed E-state index contributed by atoms with van der Waals surface area (Å²) in [6.45, 7) is 4.61. The maximum absolute atomic E-state index is 15.0. The number of anilines is 2. The molecule has 0 radical (unpaired) electrons. The van der Waals surface area contributed by atoms with E-state index in [1.54, 1.807) is 24.0 Å². The smallest absolute Gasteiger partial charge is 0.339 e. The maximum atomic E-state index is 15.0. The first-order valence-corrected chi connectivity index (χ1v) is 12.3. The Labute approximate surface area is 226 Å². The zero-order valence-electron chi connectivity index (χ0n) is 21.1. The molecule has 0 aliphatic carbocycles. The Morgan fingerprint density at radius 3 is 2.58 bits per heavy atom. The van der Waals surface area contributed by atoms with Crippen molar-refractivity contribution in [3.63, 3.8) is 0 Å². The summed E-state index contributed by atoms with van der Waals surface area (Å²) in [7, 11) is 0. The number of para-hydroxylation sites is 1. The number of aromatic carboxylic acids is 1. The highest BCUT2D eigenvalue weighted by Crippen LogP contribution is 2.42. The molecule has 5 rings (SSSR count). The molecule has 0 spiro atoms. The second kappa shape index (κ2) is 11.4. The predicted octanol–water partition coefficient (Wildman–Crippen LogP) is 7.19. The third-order valence-corrected chi connectivity index (χ3v) is 7.00. The van der Waals surface area contributed by atoms with Crippen LogP contribution in [0.25, 0.3) is 10.8 Å². The van der Waals surface area contributed by atoms with Gasteiger partial charge in [-0.15, -0.1) is 12.4 Å². The molecule has 4 aromatic carbocycles. The first kappa shape index (κ1) is 27.4. The fourth-order valence-corrected chi connectivity index (χ4v) is 5.15. The number of fused-ring (bicyclic) bond motifs is 2. The lowest BCUT2D eigenvalue weighted by Gasteiger charge is -2.37. The van der Waals surface area contributed by atoms with Crippen molar-refractivity contribution >= 4 is 40.5 Å². The van der Waals surface area contributed by atoms with Crippen LogP contribution in [0.4, 0.5) is 20.2 Å². The largest absolute Gasteiger partial charge is 0.486 e. The molecule has 0 aromatic heterocycles. The summed E-state index contributed by atoms with van der Waals surface area (Å²) in [5.74, 6) is -2.29. The van der Waals surface area contributed by atoms with Crippen molar-refractivity contribution in [2.75, 3.05) is 18.0 Å². The normalized spacial score (nSPS) is 15.4. The van der Waals surface area contributed by atoms with E-state index in [9.17, 15) is 18.7 Å². The molecule has 5 nitrogen and oxygen atoms in total. The number of hydrogen-bond acceptors (Lipinski definition) is 4. The van der Waals surface area contributed by atoms with E-state index in [4.69, 9.17) is 4.74 Å². The van der Waals surface area contributed by atoms with E-state index >= 15 is 0 Å². The number of nitrogens with one attached hydrogen (secondary N) is 1. The van der Waals surface area contributed by atoms with Gasteiger partial charge in [-0.1, -0.05) is 48.5 Å². The average Bonchev–Trinajstić information content (AvgIpc) is 2.88. The second-order valence-corrected chi connectivity index (χ2v) is 9.34. The van der Waals surface area contributed by atoms with E-state index in [1.165, 1.54) is 28.5 Å². The van der Waals surface area contributed by atoms with E-state index < -0.39 is 23.2 Å². The van der Waals surface area contributed by atoms with Crippen LogP contribution < -0.4 is 15.0 Å². The van der Waals surface area contributed by atoms with Crippen molar-refractivity contribution in [1.82, 2.24) is 5.32 Å². The summed E-state index contributed by atoms with van der Waals surface area (Å²) in [5.41, 5.74) is 1.70. The van der Waals surface area contributed by atoms with Gasteiger partial charge < -0.3 is 20.1 Å². The molecule has 1 heterocycles. The van der Waals surface area contributed by atoms with Gasteiger partial charge in [0, 0.05) is 11.7 Å². The van der Waals surface area contributed by atoms with Crippen LogP contribution in [0.15, 0.2) is 72.8 Å². The quantitative estimate of drug-likeness (QED) is 0.261. The van der Waals surface area contributed by atoms with Gasteiger partial charge in [0.25, 0.3) is 0 Å². The van der Waals surface area contributed by atoms with E-state index in [2.05, 4.69) is 42.6 Å². The minimum absolute atomic E-state index is 0. The van der Waals surface area contributed by atoms with Crippen molar-refractivity contribution in [1.29, 1.82) is 0 Å². The minimum Gasteiger partial charge on any atom is -0.486 e. The van der Waals surface area contributed by atoms with Gasteiger partial charge in [-0.25, -0.2) is 13.6 Å². The van der Waals surface area contributed by atoms with Crippen molar-refractivity contribution in [3.8, 4) is 5.75 Å². The Morgan fingerprint density at radius 2 is 1.79 bits per heavy atom. The highest BCUT2D eigenvalue weighted by Gasteiger charge is 2.31. The molecule has 1 aliphatic rings. The molecule has 1 unspecified atom stereocenters. The number of carbonyl (C=O) groups is 1. The topological polar surface area (TPSA) is 61.8 Å². The fourth-order valence-electron chi connectivity index (χ4n) is 5.15. The molecule has 0 saturated carbocycles. The summed E-state index contributed by atoms with van der Waals surface area (Å²) in [4.78, 5) is 13.4. The molecule has 0 bridgehead atoms. The van der Waals surface area contributed by atoms with Gasteiger partial charge in [0.2, 0.25) is 0 Å². The zero-order chi connectivity index (χ0) is 26.1. The number of hydrogen-bond donors (Lipinski definition) is 2. The summed E-state index contributed by atoms with van der Waals surface area (Å²) in [6.07, 6.45) is 0.340. The molecule has 0 fully saturated rings. The highest BCUT2D eigenvalue weighted by atomic mass is 35.5. The summed E-state index contributed by atoms with van der Waals surface area (Å²) >= 11 is 0. The van der Waals surface area contributed by atoms with Crippen LogP contribution in [0.1, 0.15) is 40.9 Å². The van der Waals surface area contributed by atoms with Gasteiger partial charge in [-0.3, -0.25) is 0 Å². The van der Waals surface area contributed by atoms with Crippen molar-refractivity contribution in [3.05, 3.63) is 101 Å². The third kappa shape index (κ3) is 5.17. The van der Waals surface area contributed by atoms with Crippen molar-refractivity contribution in [2.45, 2.75) is 32.4 Å². The van der Waals surface area contributed by atoms with Crippen molar-refractivity contribution < 1.29 is 23.4 Å². The molecule has 0 saturated heterocycles. The molecule has 0 amide bonds. The van der Waals surface area contributed by atoms with Crippen LogP contribution in [0.5, 0.6) is 5.75 Å². The number of nitrogens with zero attached hydrogens (tertiary/aromatic N) is 1. The number of carboxylic acids is 1. The van der Waals surface area contributed by atoms with Crippen molar-refractivity contribution in [2.24, 2.45) is 0 Å². The number of rotatable bonds is 7. The zero-order valence-corrected chi connectivity index (χ0v) is 21.9. The Balaban J connectivity index is 0.00000336. The van der Waals surface area contributed by atoms with E-state index in [-0.39, 0.29) is 35.8 Å². The van der Waals surface area contributed by atoms with E-state index in [0.29, 0.717) is 30.9 Å². The van der Waals surface area contributed by atoms with Crippen LogP contribution in [-0.4, -0.2) is 30.3 Å². The molecule has 2 atom stereocenters. The lowest BCUT2D eigenvalue weighted by molar-refractivity contribution is 0.0691. The number of halogens is 3. The lowest BCUT2D eigenvalue weighted by atomic mass is 9.99. The molecule has 38 heavy (non-hydrogen) atoms. The van der Waals surface area contributed by atoms with Gasteiger partial charge in [0.05, 0.1) is 6.54 Å². The molecular formula is C30H29ClF2N2O3. The fraction of sp³-hybridized carbons (Fsp3) is 0.233. The molecule has 1 aliphatic heterocycles.